The van der Waals surface area contributed by atoms with Gasteiger partial charge in [-0.3, -0.25) is 0 Å². The predicted molar refractivity (Wildman–Crippen MR) is 90.6 cm³/mol. The largest absolute Gasteiger partial charge is 0.491 e. The molecule has 3 rings (SSSR count). The average Bonchev–Trinajstić information content (AvgIpc) is 2.65. The molecule has 0 amide bonds. The lowest BCUT2D eigenvalue weighted by Crippen LogP contribution is -2.19. The lowest BCUT2D eigenvalue weighted by Gasteiger charge is -2.10. The molecule has 1 heterocycles. The lowest BCUT2D eigenvalue weighted by atomic mass is 10.1. The van der Waals surface area contributed by atoms with Gasteiger partial charge in [0.15, 0.2) is 0 Å². The summed E-state index contributed by atoms with van der Waals surface area (Å²) in [4.78, 5) is 4.63. The third kappa shape index (κ3) is 3.69. The Morgan fingerprint density at radius 2 is 1.83 bits per heavy atom. The molecule has 0 aliphatic rings. The van der Waals surface area contributed by atoms with Crippen LogP contribution < -0.4 is 4.74 Å². The van der Waals surface area contributed by atoms with Crippen LogP contribution in [0.3, 0.4) is 0 Å². The summed E-state index contributed by atoms with van der Waals surface area (Å²) in [5, 5.41) is 19.2. The van der Waals surface area contributed by atoms with E-state index in [4.69, 9.17) is 9.84 Å². The van der Waals surface area contributed by atoms with Gasteiger partial charge in [0.05, 0.1) is 17.8 Å². The molecule has 2 aromatic carbocycles. The van der Waals surface area contributed by atoms with Crippen LogP contribution in [0.15, 0.2) is 54.6 Å². The van der Waals surface area contributed by atoms with Crippen LogP contribution in [0.25, 0.3) is 22.2 Å². The molecule has 1 atom stereocenters. The topological polar surface area (TPSA) is 62.6 Å². The summed E-state index contributed by atoms with van der Waals surface area (Å²) in [6.45, 7) is -0.885. The van der Waals surface area contributed by atoms with Crippen LogP contribution in [0.1, 0.15) is 5.56 Å². The molecule has 124 valence electrons. The van der Waals surface area contributed by atoms with E-state index >= 15 is 0 Å². The van der Waals surface area contributed by atoms with Crippen molar-refractivity contribution in [2.75, 3.05) is 13.3 Å². The van der Waals surface area contributed by atoms with E-state index in [-0.39, 0.29) is 13.2 Å². The Morgan fingerprint density at radius 1 is 1.04 bits per heavy atom. The van der Waals surface area contributed by atoms with Crippen molar-refractivity contribution >= 4 is 10.9 Å². The molecule has 24 heavy (non-hydrogen) atoms. The lowest BCUT2D eigenvalue weighted by molar-refractivity contribution is 0.0842. The number of hydrogen-bond donors (Lipinski definition) is 2. The van der Waals surface area contributed by atoms with Gasteiger partial charge in [0, 0.05) is 10.9 Å². The third-order valence-corrected chi connectivity index (χ3v) is 3.71. The fourth-order valence-electron chi connectivity index (χ4n) is 2.37. The molecule has 1 unspecified atom stereocenters. The Balaban J connectivity index is 1.83. The van der Waals surface area contributed by atoms with Crippen molar-refractivity contribution in [1.29, 1.82) is 0 Å². The normalized spacial score (nSPS) is 12.3. The Kier molecular flexibility index (Phi) is 5.03. The minimum atomic E-state index is -1.11. The van der Waals surface area contributed by atoms with Gasteiger partial charge >= 0.3 is 0 Å². The number of benzene rings is 2. The average molecular weight is 327 g/mol. The Bertz CT molecular complexity index is 820. The first-order valence-corrected chi connectivity index (χ1v) is 7.67. The van der Waals surface area contributed by atoms with Crippen LogP contribution in [-0.2, 0) is 6.61 Å². The van der Waals surface area contributed by atoms with Crippen LogP contribution in [0, 0.1) is 0 Å². The van der Waals surface area contributed by atoms with Crippen LogP contribution in [0.5, 0.6) is 5.75 Å². The van der Waals surface area contributed by atoms with Gasteiger partial charge in [-0.2, -0.15) is 0 Å². The monoisotopic (exact) mass is 327 g/mol. The van der Waals surface area contributed by atoms with Crippen molar-refractivity contribution in [2.45, 2.75) is 12.7 Å². The molecule has 1 aromatic heterocycles. The summed E-state index contributed by atoms with van der Waals surface area (Å²) >= 11 is 0. The van der Waals surface area contributed by atoms with Crippen molar-refractivity contribution in [2.24, 2.45) is 0 Å². The first-order valence-electron chi connectivity index (χ1n) is 7.67. The van der Waals surface area contributed by atoms with E-state index < -0.39 is 12.8 Å². The molecule has 0 aliphatic heterocycles. The zero-order valence-electron chi connectivity index (χ0n) is 13.0. The van der Waals surface area contributed by atoms with Gasteiger partial charge in [-0.15, -0.1) is 0 Å². The quantitative estimate of drug-likeness (QED) is 0.730. The highest BCUT2D eigenvalue weighted by molar-refractivity contribution is 5.82. The summed E-state index contributed by atoms with van der Waals surface area (Å²) in [5.74, 6) is 0.567. The molecule has 0 aliphatic carbocycles. The van der Waals surface area contributed by atoms with Crippen LogP contribution in [0.2, 0.25) is 0 Å². The van der Waals surface area contributed by atoms with Crippen molar-refractivity contribution in [1.82, 2.24) is 4.98 Å². The summed E-state index contributed by atoms with van der Waals surface area (Å²) in [6.07, 6.45) is -1.11. The van der Waals surface area contributed by atoms with E-state index in [0.29, 0.717) is 5.75 Å². The second-order valence-corrected chi connectivity index (χ2v) is 5.53. The standard InChI is InChI=1S/C19H18FNO3/c20-10-16(23)12-24-17-6-8-19-15(9-17)5-7-18(21-19)14-3-1-13(11-22)2-4-14/h1-9,16,22-23H,10-12H2. The smallest absolute Gasteiger partial charge is 0.120 e. The summed E-state index contributed by atoms with van der Waals surface area (Å²) < 4.78 is 17.6. The number of halogens is 1. The first kappa shape index (κ1) is 16.4. The Hall–Kier alpha value is -2.50. The third-order valence-electron chi connectivity index (χ3n) is 3.71. The molecule has 5 heteroatoms. The molecular formula is C19H18FNO3. The molecule has 0 spiro atoms. The van der Waals surface area contributed by atoms with E-state index in [9.17, 15) is 9.50 Å². The number of fused-ring (bicyclic) bond motifs is 1. The van der Waals surface area contributed by atoms with Gasteiger partial charge in [-0.25, -0.2) is 9.37 Å². The van der Waals surface area contributed by atoms with Gasteiger partial charge in [-0.1, -0.05) is 30.3 Å². The number of hydrogen-bond acceptors (Lipinski definition) is 4. The molecular weight excluding hydrogens is 309 g/mol. The maximum absolute atomic E-state index is 12.2. The number of aliphatic hydroxyl groups excluding tert-OH is 2. The maximum Gasteiger partial charge on any atom is 0.120 e. The van der Waals surface area contributed by atoms with E-state index in [1.807, 2.05) is 48.5 Å². The maximum atomic E-state index is 12.2. The zero-order valence-corrected chi connectivity index (χ0v) is 13.0. The van der Waals surface area contributed by atoms with Crippen LogP contribution in [-0.4, -0.2) is 34.6 Å². The number of pyridine rings is 1. The predicted octanol–water partition coefficient (Wildman–Crippen LogP) is 3.10. The van der Waals surface area contributed by atoms with Gasteiger partial charge in [0.2, 0.25) is 0 Å². The number of ether oxygens (including phenoxy) is 1. The Morgan fingerprint density at radius 3 is 2.54 bits per heavy atom. The van der Waals surface area contributed by atoms with Crippen molar-refractivity contribution < 1.29 is 19.3 Å². The molecule has 4 nitrogen and oxygen atoms in total. The minimum absolute atomic E-state index is 0.0192. The van der Waals surface area contributed by atoms with Crippen molar-refractivity contribution in [3.05, 3.63) is 60.2 Å². The molecule has 0 saturated carbocycles. The highest BCUT2D eigenvalue weighted by atomic mass is 19.1. The minimum Gasteiger partial charge on any atom is -0.491 e. The second kappa shape index (κ2) is 7.38. The van der Waals surface area contributed by atoms with Crippen molar-refractivity contribution in [3.8, 4) is 17.0 Å². The molecule has 0 radical (unpaired) electrons. The zero-order chi connectivity index (χ0) is 16.9. The summed E-state index contributed by atoms with van der Waals surface area (Å²) in [6, 6.07) is 16.8. The molecule has 0 bridgehead atoms. The molecule has 0 saturated heterocycles. The highest BCUT2D eigenvalue weighted by Gasteiger charge is 2.06. The highest BCUT2D eigenvalue weighted by Crippen LogP contribution is 2.24. The molecule has 3 aromatic rings. The van der Waals surface area contributed by atoms with Crippen LogP contribution in [0.4, 0.5) is 4.39 Å². The van der Waals surface area contributed by atoms with Crippen LogP contribution >= 0.6 is 0 Å². The van der Waals surface area contributed by atoms with E-state index in [1.165, 1.54) is 0 Å². The van der Waals surface area contributed by atoms with Gasteiger partial charge < -0.3 is 14.9 Å². The SMILES string of the molecule is OCc1ccc(-c2ccc3cc(OCC(O)CF)ccc3n2)cc1. The van der Waals surface area contributed by atoms with E-state index in [0.717, 1.165) is 27.7 Å². The summed E-state index contributed by atoms with van der Waals surface area (Å²) in [7, 11) is 0. The van der Waals surface area contributed by atoms with Crippen molar-refractivity contribution in [3.63, 3.8) is 0 Å². The second-order valence-electron chi connectivity index (χ2n) is 5.53. The number of alkyl halides is 1. The fourth-order valence-corrected chi connectivity index (χ4v) is 2.37. The first-order chi connectivity index (χ1) is 11.7. The molecule has 0 fully saturated rings. The number of aromatic nitrogens is 1. The van der Waals surface area contributed by atoms with E-state index in [2.05, 4.69) is 4.98 Å². The number of nitrogens with zero attached hydrogens (tertiary/aromatic N) is 1. The number of aliphatic hydroxyl groups is 2. The van der Waals surface area contributed by atoms with E-state index in [1.54, 1.807) is 6.07 Å². The van der Waals surface area contributed by atoms with Gasteiger partial charge in [0.25, 0.3) is 0 Å². The Labute approximate surface area is 139 Å². The van der Waals surface area contributed by atoms with Gasteiger partial charge in [0.1, 0.15) is 25.1 Å². The fraction of sp³-hybridized carbons (Fsp3) is 0.211. The van der Waals surface area contributed by atoms with Gasteiger partial charge in [-0.05, 0) is 29.8 Å². The summed E-state index contributed by atoms with van der Waals surface area (Å²) in [5.41, 5.74) is 3.49. The number of rotatable bonds is 6. The molecule has 2 N–H and O–H groups in total.